The van der Waals surface area contributed by atoms with Crippen molar-refractivity contribution in [3.63, 3.8) is 0 Å². The normalized spacial score (nSPS) is 14.8. The molecule has 0 atom stereocenters. The quantitative estimate of drug-likeness (QED) is 0.373. The second kappa shape index (κ2) is 7.97. The van der Waals surface area contributed by atoms with E-state index in [1.807, 2.05) is 0 Å². The minimum Gasteiger partial charge on any atom is -0.362 e. The van der Waals surface area contributed by atoms with Crippen molar-refractivity contribution < 1.29 is 27.3 Å². The van der Waals surface area contributed by atoms with Crippen LogP contribution in [-0.2, 0) is 6.18 Å². The number of carbonyl (C=O) groups excluding carboxylic acids is 1. The molecule has 0 radical (unpaired) electrons. The fourth-order valence-corrected chi connectivity index (χ4v) is 3.46. The topological polar surface area (TPSA) is 66.7 Å². The summed E-state index contributed by atoms with van der Waals surface area (Å²) < 4.78 is 53.0. The highest BCUT2D eigenvalue weighted by Crippen LogP contribution is 2.36. The summed E-state index contributed by atoms with van der Waals surface area (Å²) in [6.07, 6.45) is -4.69. The molecule has 2 aromatic rings. The van der Waals surface area contributed by atoms with Gasteiger partial charge in [0.15, 0.2) is 0 Å². The summed E-state index contributed by atoms with van der Waals surface area (Å²) in [5.74, 6) is -1.19. The van der Waals surface area contributed by atoms with E-state index in [1.165, 1.54) is 23.1 Å². The Labute approximate surface area is 171 Å². The Hall–Kier alpha value is -2.69. The molecule has 2 aromatic carbocycles. The van der Waals surface area contributed by atoms with Crippen LogP contribution >= 0.6 is 15.9 Å². The lowest BCUT2D eigenvalue weighted by Crippen LogP contribution is -2.49. The monoisotopic (exact) mass is 475 g/mol. The zero-order chi connectivity index (χ0) is 21.3. The van der Waals surface area contributed by atoms with Gasteiger partial charge in [0.25, 0.3) is 11.6 Å². The summed E-state index contributed by atoms with van der Waals surface area (Å²) in [6, 6.07) is 6.35. The van der Waals surface area contributed by atoms with Gasteiger partial charge in [-0.15, -0.1) is 0 Å². The Morgan fingerprint density at radius 3 is 2.31 bits per heavy atom. The van der Waals surface area contributed by atoms with Gasteiger partial charge in [-0.3, -0.25) is 14.9 Å². The number of halogens is 5. The van der Waals surface area contributed by atoms with Crippen LogP contribution in [0, 0.1) is 15.9 Å². The maximum absolute atomic E-state index is 13.9. The van der Waals surface area contributed by atoms with Crippen molar-refractivity contribution in [1.29, 1.82) is 0 Å². The van der Waals surface area contributed by atoms with E-state index in [2.05, 4.69) is 15.9 Å². The standard InChI is InChI=1S/C18H14BrF4N3O3/c19-12-2-3-14(20)13(10-12)17(27)25-7-5-24(6-8-25)15-4-1-11(18(21,22)23)9-16(15)26(28)29/h1-4,9-10H,5-8H2. The van der Waals surface area contributed by atoms with Gasteiger partial charge < -0.3 is 9.80 Å². The molecule has 1 fully saturated rings. The molecule has 154 valence electrons. The molecule has 0 N–H and O–H groups in total. The number of hydrogen-bond donors (Lipinski definition) is 0. The second-order valence-electron chi connectivity index (χ2n) is 6.36. The van der Waals surface area contributed by atoms with Gasteiger partial charge in [-0.2, -0.15) is 13.2 Å². The molecule has 0 unspecified atom stereocenters. The molecule has 3 rings (SSSR count). The van der Waals surface area contributed by atoms with Crippen molar-refractivity contribution in [3.05, 3.63) is 67.9 Å². The number of carbonyl (C=O) groups is 1. The first-order valence-electron chi connectivity index (χ1n) is 8.43. The molecule has 0 spiro atoms. The Bertz CT molecular complexity index is 960. The third kappa shape index (κ3) is 4.50. The lowest BCUT2D eigenvalue weighted by atomic mass is 10.1. The van der Waals surface area contributed by atoms with Crippen LogP contribution in [0.4, 0.5) is 28.9 Å². The molecule has 1 aliphatic heterocycles. The first kappa shape index (κ1) is 21.0. The molecule has 1 aliphatic rings. The molecule has 1 saturated heterocycles. The van der Waals surface area contributed by atoms with Gasteiger partial charge in [-0.25, -0.2) is 4.39 Å². The van der Waals surface area contributed by atoms with Gasteiger partial charge in [-0.05, 0) is 30.3 Å². The van der Waals surface area contributed by atoms with Gasteiger partial charge in [0, 0.05) is 36.7 Å². The van der Waals surface area contributed by atoms with Crippen LogP contribution in [0.25, 0.3) is 0 Å². The van der Waals surface area contributed by atoms with E-state index in [1.54, 1.807) is 4.90 Å². The van der Waals surface area contributed by atoms with Crippen molar-refractivity contribution in [2.75, 3.05) is 31.1 Å². The highest BCUT2D eigenvalue weighted by molar-refractivity contribution is 9.10. The summed E-state index contributed by atoms with van der Waals surface area (Å²) in [6.45, 7) is 0.604. The first-order valence-corrected chi connectivity index (χ1v) is 9.22. The third-order valence-electron chi connectivity index (χ3n) is 4.57. The van der Waals surface area contributed by atoms with Crippen molar-refractivity contribution in [3.8, 4) is 0 Å². The molecular formula is C18H14BrF4N3O3. The molecule has 0 aromatic heterocycles. The predicted octanol–water partition coefficient (Wildman–Crippen LogP) is 4.48. The Morgan fingerprint density at radius 1 is 1.07 bits per heavy atom. The first-order chi connectivity index (χ1) is 13.6. The van der Waals surface area contributed by atoms with Crippen molar-refractivity contribution in [2.24, 2.45) is 0 Å². The number of piperazine rings is 1. The van der Waals surface area contributed by atoms with Crippen molar-refractivity contribution >= 4 is 33.2 Å². The van der Waals surface area contributed by atoms with Crippen LogP contribution < -0.4 is 4.90 Å². The minimum absolute atomic E-state index is 0.0451. The largest absolute Gasteiger partial charge is 0.416 e. The van der Waals surface area contributed by atoms with Gasteiger partial charge in [0.1, 0.15) is 11.5 Å². The number of nitro benzene ring substituents is 1. The molecule has 11 heteroatoms. The smallest absolute Gasteiger partial charge is 0.362 e. The summed E-state index contributed by atoms with van der Waals surface area (Å²) in [5, 5.41) is 11.3. The van der Waals surface area contributed by atoms with Gasteiger partial charge in [0.05, 0.1) is 16.1 Å². The number of nitrogens with zero attached hydrogens (tertiary/aromatic N) is 3. The molecule has 29 heavy (non-hydrogen) atoms. The molecule has 0 bridgehead atoms. The van der Waals surface area contributed by atoms with E-state index in [9.17, 15) is 32.5 Å². The summed E-state index contributed by atoms with van der Waals surface area (Å²) in [4.78, 5) is 25.9. The van der Waals surface area contributed by atoms with E-state index in [0.29, 0.717) is 10.5 Å². The number of rotatable bonds is 3. The van der Waals surface area contributed by atoms with Gasteiger partial charge in [0.2, 0.25) is 0 Å². The predicted molar refractivity (Wildman–Crippen MR) is 100 cm³/mol. The van der Waals surface area contributed by atoms with E-state index in [4.69, 9.17) is 0 Å². The Morgan fingerprint density at radius 2 is 1.72 bits per heavy atom. The van der Waals surface area contributed by atoms with E-state index in [0.717, 1.165) is 12.1 Å². The number of benzene rings is 2. The van der Waals surface area contributed by atoms with Gasteiger partial charge in [-0.1, -0.05) is 15.9 Å². The van der Waals surface area contributed by atoms with Crippen LogP contribution in [-0.4, -0.2) is 41.9 Å². The van der Waals surface area contributed by atoms with Crippen molar-refractivity contribution in [1.82, 2.24) is 4.90 Å². The van der Waals surface area contributed by atoms with Crippen molar-refractivity contribution in [2.45, 2.75) is 6.18 Å². The second-order valence-corrected chi connectivity index (χ2v) is 7.28. The summed E-state index contributed by atoms with van der Waals surface area (Å²) >= 11 is 3.18. The summed E-state index contributed by atoms with van der Waals surface area (Å²) in [7, 11) is 0. The molecule has 1 heterocycles. The van der Waals surface area contributed by atoms with E-state index in [-0.39, 0.29) is 37.4 Å². The fraction of sp³-hybridized carbons (Fsp3) is 0.278. The highest BCUT2D eigenvalue weighted by Gasteiger charge is 2.34. The third-order valence-corrected chi connectivity index (χ3v) is 5.06. The fourth-order valence-electron chi connectivity index (χ4n) is 3.10. The average molecular weight is 476 g/mol. The Balaban J connectivity index is 1.78. The zero-order valence-electron chi connectivity index (χ0n) is 14.7. The molecule has 0 aliphatic carbocycles. The molecule has 6 nitrogen and oxygen atoms in total. The van der Waals surface area contributed by atoms with Crippen LogP contribution in [0.1, 0.15) is 15.9 Å². The maximum Gasteiger partial charge on any atom is 0.416 e. The molecule has 1 amide bonds. The number of hydrogen-bond acceptors (Lipinski definition) is 4. The Kier molecular flexibility index (Phi) is 5.78. The van der Waals surface area contributed by atoms with E-state index < -0.39 is 34.1 Å². The lowest BCUT2D eigenvalue weighted by Gasteiger charge is -2.36. The molecule has 0 saturated carbocycles. The number of nitro groups is 1. The van der Waals surface area contributed by atoms with Gasteiger partial charge >= 0.3 is 6.18 Å². The number of amides is 1. The molecular weight excluding hydrogens is 462 g/mol. The van der Waals surface area contributed by atoms with Crippen LogP contribution in [0.5, 0.6) is 0 Å². The van der Waals surface area contributed by atoms with E-state index >= 15 is 0 Å². The average Bonchev–Trinajstić information content (AvgIpc) is 2.68. The number of anilines is 1. The lowest BCUT2D eigenvalue weighted by molar-refractivity contribution is -0.384. The zero-order valence-corrected chi connectivity index (χ0v) is 16.3. The maximum atomic E-state index is 13.9. The highest BCUT2D eigenvalue weighted by atomic mass is 79.9. The van der Waals surface area contributed by atoms with Crippen LogP contribution in [0.2, 0.25) is 0 Å². The van der Waals surface area contributed by atoms with Crippen LogP contribution in [0.3, 0.4) is 0 Å². The summed E-state index contributed by atoms with van der Waals surface area (Å²) in [5.41, 5.74) is -1.82. The SMILES string of the molecule is O=C(c1cc(Br)ccc1F)N1CCN(c2ccc(C(F)(F)F)cc2[N+](=O)[O-])CC1. The number of alkyl halides is 3. The minimum atomic E-state index is -4.69. The van der Waals surface area contributed by atoms with Crippen LogP contribution in [0.15, 0.2) is 40.9 Å².